The highest BCUT2D eigenvalue weighted by molar-refractivity contribution is 5.96. The van der Waals surface area contributed by atoms with Gasteiger partial charge in [-0.15, -0.1) is 0 Å². The smallest absolute Gasteiger partial charge is 0.272 e. The van der Waals surface area contributed by atoms with Gasteiger partial charge in [-0.1, -0.05) is 30.3 Å². The van der Waals surface area contributed by atoms with E-state index in [2.05, 4.69) is 42.8 Å². The number of methoxy groups -OCH3 is 1. The fraction of sp³-hybridized carbons (Fsp3) is 0.385. The maximum Gasteiger partial charge on any atom is 0.272 e. The van der Waals surface area contributed by atoms with Crippen LogP contribution in [0.1, 0.15) is 46.6 Å². The van der Waals surface area contributed by atoms with Crippen LogP contribution in [-0.2, 0) is 0 Å². The average Bonchev–Trinajstić information content (AvgIpc) is 3.41. The molecule has 2 aromatic carbocycles. The topological polar surface area (TPSA) is 45.7 Å². The molecule has 5 rings (SSSR count). The number of rotatable bonds is 4. The SMILES string of the molecule is COc1ccc([C@H](C)N2C[C@@H]3C[C@H]2CN3C(=O)c2cc3ccccc3cn2)c(C)c1C. The molecule has 2 saturated heterocycles. The molecule has 3 atom stereocenters. The maximum atomic E-state index is 13.2. The lowest BCUT2D eigenvalue weighted by atomic mass is 9.96. The van der Waals surface area contributed by atoms with Crippen molar-refractivity contribution in [2.75, 3.05) is 20.2 Å². The number of carbonyl (C=O) groups excluding carboxylic acids is 1. The lowest BCUT2D eigenvalue weighted by Gasteiger charge is -2.38. The summed E-state index contributed by atoms with van der Waals surface area (Å²) in [6.07, 6.45) is 2.85. The largest absolute Gasteiger partial charge is 0.496 e. The van der Waals surface area contributed by atoms with Gasteiger partial charge < -0.3 is 9.64 Å². The number of benzene rings is 2. The lowest BCUT2D eigenvalue weighted by Crippen LogP contribution is -2.49. The van der Waals surface area contributed by atoms with Crippen molar-refractivity contribution in [1.29, 1.82) is 0 Å². The Morgan fingerprint density at radius 3 is 2.55 bits per heavy atom. The molecule has 0 saturated carbocycles. The van der Waals surface area contributed by atoms with E-state index >= 15 is 0 Å². The minimum absolute atomic E-state index is 0.0574. The predicted molar refractivity (Wildman–Crippen MR) is 123 cm³/mol. The van der Waals surface area contributed by atoms with Crippen LogP contribution in [0.3, 0.4) is 0 Å². The van der Waals surface area contributed by atoms with Crippen molar-refractivity contribution >= 4 is 16.7 Å². The molecule has 0 N–H and O–H groups in total. The van der Waals surface area contributed by atoms with Gasteiger partial charge in [0.15, 0.2) is 0 Å². The monoisotopic (exact) mass is 415 g/mol. The van der Waals surface area contributed by atoms with Crippen molar-refractivity contribution in [2.24, 2.45) is 0 Å². The summed E-state index contributed by atoms with van der Waals surface area (Å²) in [5.41, 5.74) is 4.39. The van der Waals surface area contributed by atoms with Crippen LogP contribution in [0.25, 0.3) is 10.8 Å². The summed E-state index contributed by atoms with van der Waals surface area (Å²) >= 11 is 0. The van der Waals surface area contributed by atoms with E-state index in [0.29, 0.717) is 17.8 Å². The second-order valence-electron chi connectivity index (χ2n) is 8.90. The molecule has 0 spiro atoms. The Balaban J connectivity index is 1.33. The minimum Gasteiger partial charge on any atom is -0.496 e. The van der Waals surface area contributed by atoms with Crippen molar-refractivity contribution in [2.45, 2.75) is 45.3 Å². The summed E-state index contributed by atoms with van der Waals surface area (Å²) in [5, 5.41) is 2.12. The van der Waals surface area contributed by atoms with E-state index < -0.39 is 0 Å². The lowest BCUT2D eigenvalue weighted by molar-refractivity contribution is 0.0563. The number of likely N-dealkylation sites (tertiary alicyclic amines) is 2. The van der Waals surface area contributed by atoms with Crippen LogP contribution in [0.5, 0.6) is 5.75 Å². The first-order chi connectivity index (χ1) is 15.0. The summed E-state index contributed by atoms with van der Waals surface area (Å²) in [7, 11) is 1.72. The first-order valence-corrected chi connectivity index (χ1v) is 11.0. The van der Waals surface area contributed by atoms with Crippen molar-refractivity contribution in [3.8, 4) is 5.75 Å². The fourth-order valence-electron chi connectivity index (χ4n) is 5.44. The first kappa shape index (κ1) is 20.0. The van der Waals surface area contributed by atoms with Crippen LogP contribution >= 0.6 is 0 Å². The minimum atomic E-state index is 0.0574. The number of hydrogen-bond donors (Lipinski definition) is 0. The molecule has 0 radical (unpaired) electrons. The fourth-order valence-corrected chi connectivity index (χ4v) is 5.44. The third kappa shape index (κ3) is 3.28. The molecule has 2 fully saturated rings. The van der Waals surface area contributed by atoms with Crippen molar-refractivity contribution in [1.82, 2.24) is 14.8 Å². The summed E-state index contributed by atoms with van der Waals surface area (Å²) in [6.45, 7) is 8.27. The molecule has 5 nitrogen and oxygen atoms in total. The molecule has 2 aliphatic heterocycles. The van der Waals surface area contributed by atoms with Crippen LogP contribution in [0.4, 0.5) is 0 Å². The number of ether oxygens (including phenoxy) is 1. The molecule has 160 valence electrons. The molecule has 3 heterocycles. The average molecular weight is 416 g/mol. The van der Waals surface area contributed by atoms with E-state index in [4.69, 9.17) is 4.74 Å². The Kier molecular flexibility index (Phi) is 4.94. The predicted octanol–water partition coefficient (Wildman–Crippen LogP) is 4.52. The van der Waals surface area contributed by atoms with Gasteiger partial charge in [0, 0.05) is 42.8 Å². The van der Waals surface area contributed by atoms with Gasteiger partial charge in [-0.05, 0) is 61.4 Å². The Morgan fingerprint density at radius 1 is 1.06 bits per heavy atom. The maximum absolute atomic E-state index is 13.2. The summed E-state index contributed by atoms with van der Waals surface area (Å²) in [6, 6.07) is 15.2. The number of pyridine rings is 1. The van der Waals surface area contributed by atoms with E-state index in [1.807, 2.05) is 35.2 Å². The Labute approximate surface area is 183 Å². The number of hydrogen-bond acceptors (Lipinski definition) is 4. The molecule has 3 aromatic rings. The normalized spacial score (nSPS) is 21.6. The van der Waals surface area contributed by atoms with Gasteiger partial charge in [0.1, 0.15) is 11.4 Å². The van der Waals surface area contributed by atoms with E-state index in [0.717, 1.165) is 36.0 Å². The molecule has 0 aliphatic carbocycles. The van der Waals surface area contributed by atoms with Crippen molar-refractivity contribution in [3.63, 3.8) is 0 Å². The zero-order valence-corrected chi connectivity index (χ0v) is 18.6. The number of amides is 1. The van der Waals surface area contributed by atoms with Gasteiger partial charge >= 0.3 is 0 Å². The summed E-state index contributed by atoms with van der Waals surface area (Å²) < 4.78 is 5.48. The number of carbonyl (C=O) groups is 1. The summed E-state index contributed by atoms with van der Waals surface area (Å²) in [4.78, 5) is 22.3. The molecule has 31 heavy (non-hydrogen) atoms. The van der Waals surface area contributed by atoms with Gasteiger partial charge in [-0.25, -0.2) is 0 Å². The molecular formula is C26H29N3O2. The zero-order chi connectivity index (χ0) is 21.7. The zero-order valence-electron chi connectivity index (χ0n) is 18.6. The molecule has 1 amide bonds. The van der Waals surface area contributed by atoms with Crippen molar-refractivity contribution < 1.29 is 9.53 Å². The third-order valence-electron chi connectivity index (χ3n) is 7.34. The highest BCUT2D eigenvalue weighted by atomic mass is 16.5. The molecule has 0 unspecified atom stereocenters. The molecule has 2 aliphatic rings. The Hall–Kier alpha value is -2.92. The number of nitrogens with zero attached hydrogens (tertiary/aromatic N) is 3. The second kappa shape index (κ2) is 7.65. The van der Waals surface area contributed by atoms with Gasteiger partial charge in [0.25, 0.3) is 5.91 Å². The highest BCUT2D eigenvalue weighted by Gasteiger charge is 2.47. The van der Waals surface area contributed by atoms with Gasteiger partial charge in [0.2, 0.25) is 0 Å². The molecule has 5 heteroatoms. The van der Waals surface area contributed by atoms with E-state index in [1.165, 1.54) is 16.7 Å². The third-order valence-corrected chi connectivity index (χ3v) is 7.34. The summed E-state index contributed by atoms with van der Waals surface area (Å²) in [5.74, 6) is 0.998. The van der Waals surface area contributed by atoms with Crippen LogP contribution in [0.15, 0.2) is 48.7 Å². The first-order valence-electron chi connectivity index (χ1n) is 11.0. The Morgan fingerprint density at radius 2 is 1.84 bits per heavy atom. The van der Waals surface area contributed by atoms with Gasteiger partial charge in [-0.3, -0.25) is 14.7 Å². The molecule has 2 bridgehead atoms. The number of fused-ring (bicyclic) bond motifs is 3. The quantitative estimate of drug-likeness (QED) is 0.629. The van der Waals surface area contributed by atoms with Crippen LogP contribution in [0, 0.1) is 13.8 Å². The second-order valence-corrected chi connectivity index (χ2v) is 8.90. The van der Waals surface area contributed by atoms with Crippen LogP contribution in [0.2, 0.25) is 0 Å². The molecule has 1 aromatic heterocycles. The standard InChI is InChI=1S/C26H29N3O2/c1-16-17(2)25(31-4)10-9-23(16)18(3)28-14-22-12-21(28)15-29(22)26(30)24-11-19-7-5-6-8-20(19)13-27-24/h5-11,13,18,21-22H,12,14-15H2,1-4H3/t18-,21-,22-/m0/s1. The van der Waals surface area contributed by atoms with E-state index in [-0.39, 0.29) is 11.9 Å². The number of piperazine rings is 1. The van der Waals surface area contributed by atoms with Crippen LogP contribution < -0.4 is 4.74 Å². The van der Waals surface area contributed by atoms with Crippen molar-refractivity contribution in [3.05, 3.63) is 71.0 Å². The number of aromatic nitrogens is 1. The Bertz CT molecular complexity index is 1160. The van der Waals surface area contributed by atoms with Gasteiger partial charge in [-0.2, -0.15) is 0 Å². The van der Waals surface area contributed by atoms with Crippen LogP contribution in [-0.4, -0.2) is 53.0 Å². The van der Waals surface area contributed by atoms with E-state index in [1.54, 1.807) is 13.3 Å². The van der Waals surface area contributed by atoms with E-state index in [9.17, 15) is 4.79 Å². The van der Waals surface area contributed by atoms with Gasteiger partial charge in [0.05, 0.1) is 7.11 Å². The highest BCUT2D eigenvalue weighted by Crippen LogP contribution is 2.39. The molecular weight excluding hydrogens is 386 g/mol.